The van der Waals surface area contributed by atoms with Gasteiger partial charge in [0.1, 0.15) is 5.58 Å². The van der Waals surface area contributed by atoms with Crippen molar-refractivity contribution in [2.45, 2.75) is 27.2 Å². The Balaban J connectivity index is 1.70. The molecule has 6 nitrogen and oxygen atoms in total. The van der Waals surface area contributed by atoms with Gasteiger partial charge in [0, 0.05) is 33.5 Å². The summed E-state index contributed by atoms with van der Waals surface area (Å²) in [7, 11) is 0. The normalized spacial score (nSPS) is 13.1. The Morgan fingerprint density at radius 2 is 1.79 bits per heavy atom. The molecule has 0 aliphatic carbocycles. The van der Waals surface area contributed by atoms with Gasteiger partial charge in [0.2, 0.25) is 0 Å². The standard InChI is InChI=1S/C18H9F6N3O3S3/c19-17(20,21)16(29,18(22,23)24)12-5-26-15(33-12)32-7-1-2-8-9(10-6-31-14(25)27-10)4-13(28)30-11(8)3-7/h1-6,29H,(H2,25,27). The van der Waals surface area contributed by atoms with E-state index in [1.54, 1.807) is 11.4 Å². The van der Waals surface area contributed by atoms with Gasteiger partial charge in [-0.1, -0.05) is 11.8 Å². The predicted octanol–water partition coefficient (Wildman–Crippen LogP) is 5.42. The van der Waals surface area contributed by atoms with Gasteiger partial charge >= 0.3 is 18.0 Å². The molecule has 4 aromatic rings. The van der Waals surface area contributed by atoms with Crippen molar-refractivity contribution < 1.29 is 35.9 Å². The van der Waals surface area contributed by atoms with Crippen molar-refractivity contribution in [2.24, 2.45) is 0 Å². The molecular formula is C18H9F6N3O3S3. The maximum Gasteiger partial charge on any atom is 0.431 e. The Morgan fingerprint density at radius 3 is 2.39 bits per heavy atom. The highest BCUT2D eigenvalue weighted by molar-refractivity contribution is 8.01. The summed E-state index contributed by atoms with van der Waals surface area (Å²) >= 11 is 1.95. The van der Waals surface area contributed by atoms with Gasteiger partial charge in [-0.15, -0.1) is 22.7 Å². The molecule has 174 valence electrons. The lowest BCUT2D eigenvalue weighted by Gasteiger charge is -2.30. The monoisotopic (exact) mass is 525 g/mol. The maximum absolute atomic E-state index is 13.1. The number of benzene rings is 1. The lowest BCUT2D eigenvalue weighted by Crippen LogP contribution is -2.53. The first kappa shape index (κ1) is 23.5. The summed E-state index contributed by atoms with van der Waals surface area (Å²) in [4.78, 5) is 18.6. The largest absolute Gasteiger partial charge is 0.431 e. The molecule has 0 saturated carbocycles. The minimum atomic E-state index is -6.00. The Morgan fingerprint density at radius 1 is 1.09 bits per heavy atom. The van der Waals surface area contributed by atoms with Gasteiger partial charge in [-0.2, -0.15) is 26.3 Å². The number of nitrogen functional groups attached to an aromatic ring is 1. The number of alkyl halides is 6. The van der Waals surface area contributed by atoms with E-state index in [1.807, 2.05) is 0 Å². The molecule has 0 fully saturated rings. The molecule has 4 rings (SSSR count). The van der Waals surface area contributed by atoms with Gasteiger partial charge < -0.3 is 15.3 Å². The fourth-order valence-corrected chi connectivity index (χ4v) is 5.52. The number of nitrogens with zero attached hydrogens (tertiary/aromatic N) is 2. The van der Waals surface area contributed by atoms with Crippen LogP contribution >= 0.6 is 34.4 Å². The highest BCUT2D eigenvalue weighted by Crippen LogP contribution is 2.52. The highest BCUT2D eigenvalue weighted by atomic mass is 32.2. The lowest BCUT2D eigenvalue weighted by atomic mass is 10.0. The molecule has 0 aliphatic rings. The minimum absolute atomic E-state index is 0.0467. The molecular weight excluding hydrogens is 516 g/mol. The van der Waals surface area contributed by atoms with Crippen molar-refractivity contribution in [3.63, 3.8) is 0 Å². The van der Waals surface area contributed by atoms with Gasteiger partial charge in [-0.05, 0) is 18.2 Å². The van der Waals surface area contributed by atoms with Crippen molar-refractivity contribution in [3.8, 4) is 11.3 Å². The van der Waals surface area contributed by atoms with Gasteiger partial charge in [0.25, 0.3) is 5.60 Å². The van der Waals surface area contributed by atoms with Crippen LogP contribution in [-0.4, -0.2) is 27.4 Å². The zero-order valence-corrected chi connectivity index (χ0v) is 18.1. The van der Waals surface area contributed by atoms with Crippen LogP contribution in [0.3, 0.4) is 0 Å². The van der Waals surface area contributed by atoms with Crippen LogP contribution in [0.2, 0.25) is 0 Å². The molecule has 3 N–H and O–H groups in total. The van der Waals surface area contributed by atoms with Crippen LogP contribution in [0.4, 0.5) is 31.5 Å². The second kappa shape index (κ2) is 8.00. The van der Waals surface area contributed by atoms with Crippen molar-refractivity contribution >= 4 is 50.5 Å². The number of hydrogen-bond donors (Lipinski definition) is 2. The third-order valence-electron chi connectivity index (χ3n) is 4.38. The van der Waals surface area contributed by atoms with Crippen LogP contribution in [0.5, 0.6) is 0 Å². The summed E-state index contributed by atoms with van der Waals surface area (Å²) in [5, 5.41) is 11.9. The molecule has 33 heavy (non-hydrogen) atoms. The molecule has 15 heteroatoms. The number of aliphatic hydroxyl groups is 1. The first-order chi connectivity index (χ1) is 15.3. The molecule has 0 atom stereocenters. The molecule has 0 aliphatic heterocycles. The summed E-state index contributed by atoms with van der Waals surface area (Å²) in [5.41, 5.74) is 0.905. The van der Waals surface area contributed by atoms with E-state index in [2.05, 4.69) is 9.97 Å². The molecule has 0 unspecified atom stereocenters. The smallest absolute Gasteiger partial charge is 0.423 e. The minimum Gasteiger partial charge on any atom is -0.423 e. The second-order valence-electron chi connectivity index (χ2n) is 6.51. The quantitative estimate of drug-likeness (QED) is 0.271. The van der Waals surface area contributed by atoms with Crippen molar-refractivity contribution in [1.82, 2.24) is 9.97 Å². The molecule has 0 amide bonds. The van der Waals surface area contributed by atoms with E-state index in [0.717, 1.165) is 11.8 Å². The van der Waals surface area contributed by atoms with Gasteiger partial charge in [-0.3, -0.25) is 0 Å². The Labute approximate surface area is 191 Å². The van der Waals surface area contributed by atoms with E-state index < -0.39 is 28.5 Å². The Kier molecular flexibility index (Phi) is 5.71. The summed E-state index contributed by atoms with van der Waals surface area (Å²) in [6.45, 7) is 0. The molecule has 3 heterocycles. The maximum atomic E-state index is 13.1. The fraction of sp³-hybridized carbons (Fsp3) is 0.167. The number of halogens is 6. The van der Waals surface area contributed by atoms with Crippen LogP contribution in [0, 0.1) is 0 Å². The summed E-state index contributed by atoms with van der Waals surface area (Å²) in [6.07, 6.45) is -11.7. The van der Waals surface area contributed by atoms with Crippen LogP contribution in [-0.2, 0) is 5.60 Å². The summed E-state index contributed by atoms with van der Waals surface area (Å²) in [6, 6.07) is 5.70. The third kappa shape index (κ3) is 4.20. The Bertz CT molecular complexity index is 1380. The number of hydrogen-bond acceptors (Lipinski definition) is 9. The lowest BCUT2D eigenvalue weighted by molar-refractivity contribution is -0.375. The number of anilines is 1. The van der Waals surface area contributed by atoms with Crippen LogP contribution in [0.15, 0.2) is 54.3 Å². The van der Waals surface area contributed by atoms with Crippen molar-refractivity contribution in [3.05, 3.63) is 51.1 Å². The second-order valence-corrected chi connectivity index (χ2v) is 9.75. The average molecular weight is 525 g/mol. The summed E-state index contributed by atoms with van der Waals surface area (Å²) < 4.78 is 83.4. The van der Waals surface area contributed by atoms with Crippen molar-refractivity contribution in [2.75, 3.05) is 5.73 Å². The number of nitrogens with two attached hydrogens (primary N) is 1. The number of thiazole rings is 2. The van der Waals surface area contributed by atoms with E-state index in [4.69, 9.17) is 10.2 Å². The molecule has 3 aromatic heterocycles. The van der Waals surface area contributed by atoms with Crippen LogP contribution in [0.25, 0.3) is 22.2 Å². The van der Waals surface area contributed by atoms with E-state index in [-0.39, 0.29) is 26.4 Å². The Hall–Kier alpha value is -2.62. The van der Waals surface area contributed by atoms with E-state index in [1.165, 1.54) is 29.5 Å². The van der Waals surface area contributed by atoms with E-state index in [9.17, 15) is 36.2 Å². The summed E-state index contributed by atoms with van der Waals surface area (Å²) in [5.74, 6) is 0. The molecule has 0 radical (unpaired) electrons. The predicted molar refractivity (Wildman–Crippen MR) is 110 cm³/mol. The first-order valence-electron chi connectivity index (χ1n) is 8.59. The fourth-order valence-electron chi connectivity index (χ4n) is 2.84. The zero-order chi connectivity index (χ0) is 24.2. The number of rotatable bonds is 4. The van der Waals surface area contributed by atoms with Gasteiger partial charge in [-0.25, -0.2) is 14.8 Å². The zero-order valence-electron chi connectivity index (χ0n) is 15.7. The van der Waals surface area contributed by atoms with E-state index in [0.29, 0.717) is 27.7 Å². The number of fused-ring (bicyclic) bond motifs is 1. The van der Waals surface area contributed by atoms with E-state index >= 15 is 0 Å². The van der Waals surface area contributed by atoms with Gasteiger partial charge in [0.05, 0.1) is 10.6 Å². The molecule has 0 spiro atoms. The first-order valence-corrected chi connectivity index (χ1v) is 11.1. The van der Waals surface area contributed by atoms with Crippen LogP contribution in [0.1, 0.15) is 4.88 Å². The van der Waals surface area contributed by atoms with Gasteiger partial charge in [0.15, 0.2) is 9.47 Å². The topological polar surface area (TPSA) is 102 Å². The van der Waals surface area contributed by atoms with Crippen molar-refractivity contribution in [1.29, 1.82) is 0 Å². The van der Waals surface area contributed by atoms with Crippen LogP contribution < -0.4 is 11.4 Å². The number of aromatic nitrogens is 2. The SMILES string of the molecule is Nc1nc(-c2cc(=O)oc3cc(Sc4ncc(C(O)(C(F)(F)F)C(F)(F)F)s4)ccc23)cs1. The highest BCUT2D eigenvalue weighted by Gasteiger charge is 2.72. The molecule has 1 aromatic carbocycles. The average Bonchev–Trinajstić information content (AvgIpc) is 3.34. The molecule has 0 bridgehead atoms. The third-order valence-corrected chi connectivity index (χ3v) is 7.22. The molecule has 0 saturated heterocycles.